The Balaban J connectivity index is 2.19. The van der Waals surface area contributed by atoms with Gasteiger partial charge < -0.3 is 15.5 Å². The van der Waals surface area contributed by atoms with Crippen molar-refractivity contribution in [1.29, 1.82) is 0 Å². The highest BCUT2D eigenvalue weighted by atomic mass is 35.5. The number of allylic oxidation sites excluding steroid dienone is 2. The van der Waals surface area contributed by atoms with Crippen LogP contribution in [0.15, 0.2) is 52.9 Å². The predicted octanol–water partition coefficient (Wildman–Crippen LogP) is 3.09. The first-order valence-corrected chi connectivity index (χ1v) is 6.25. The zero-order valence-electron chi connectivity index (χ0n) is 10.1. The lowest BCUT2D eigenvalue weighted by atomic mass is 10.0. The SMILES string of the molecule is O=C(O)C(NC1=C(Cl)CC(O)=CC1)c1ccccc1. The van der Waals surface area contributed by atoms with Crippen LogP contribution in [0.1, 0.15) is 24.4 Å². The van der Waals surface area contributed by atoms with E-state index in [1.807, 2.05) is 6.07 Å². The first kappa shape index (κ1) is 13.5. The maximum absolute atomic E-state index is 11.4. The molecule has 1 aliphatic carbocycles. The lowest BCUT2D eigenvalue weighted by Gasteiger charge is -2.21. The van der Waals surface area contributed by atoms with E-state index in [0.717, 1.165) is 0 Å². The Labute approximate surface area is 116 Å². The Hall–Kier alpha value is -1.94. The number of hydrogen-bond acceptors (Lipinski definition) is 3. The molecule has 0 heterocycles. The normalized spacial score (nSPS) is 16.8. The van der Waals surface area contributed by atoms with E-state index in [2.05, 4.69) is 5.32 Å². The lowest BCUT2D eigenvalue weighted by molar-refractivity contribution is -0.139. The molecule has 0 saturated heterocycles. The third-order valence-corrected chi connectivity index (χ3v) is 3.27. The summed E-state index contributed by atoms with van der Waals surface area (Å²) < 4.78 is 0. The van der Waals surface area contributed by atoms with Crippen molar-refractivity contribution in [3.05, 3.63) is 58.5 Å². The minimum atomic E-state index is -0.970. The molecule has 0 aromatic heterocycles. The number of hydrogen-bond donors (Lipinski definition) is 3. The second-order valence-electron chi connectivity index (χ2n) is 4.29. The number of rotatable bonds is 4. The van der Waals surface area contributed by atoms with Crippen LogP contribution in [0.2, 0.25) is 0 Å². The monoisotopic (exact) mass is 279 g/mol. The van der Waals surface area contributed by atoms with E-state index in [4.69, 9.17) is 11.6 Å². The average molecular weight is 280 g/mol. The van der Waals surface area contributed by atoms with Gasteiger partial charge in [-0.05, 0) is 11.6 Å². The van der Waals surface area contributed by atoms with E-state index in [9.17, 15) is 15.0 Å². The molecule has 1 aromatic rings. The van der Waals surface area contributed by atoms with Crippen molar-refractivity contribution in [3.8, 4) is 0 Å². The quantitative estimate of drug-likeness (QED) is 0.792. The van der Waals surface area contributed by atoms with Gasteiger partial charge in [0, 0.05) is 23.6 Å². The molecule has 2 rings (SSSR count). The summed E-state index contributed by atoms with van der Waals surface area (Å²) in [5.41, 5.74) is 1.29. The van der Waals surface area contributed by atoms with Crippen LogP contribution in [-0.4, -0.2) is 16.2 Å². The van der Waals surface area contributed by atoms with E-state index < -0.39 is 12.0 Å². The molecule has 1 aromatic carbocycles. The largest absolute Gasteiger partial charge is 0.512 e. The van der Waals surface area contributed by atoms with Crippen molar-refractivity contribution in [1.82, 2.24) is 5.32 Å². The molecule has 3 N–H and O–H groups in total. The van der Waals surface area contributed by atoms with Crippen molar-refractivity contribution in [2.75, 3.05) is 0 Å². The fourth-order valence-electron chi connectivity index (χ4n) is 1.91. The molecule has 1 aliphatic rings. The molecule has 0 amide bonds. The second kappa shape index (κ2) is 5.80. The molecule has 4 nitrogen and oxygen atoms in total. The van der Waals surface area contributed by atoms with Crippen LogP contribution in [0.3, 0.4) is 0 Å². The summed E-state index contributed by atoms with van der Waals surface area (Å²) in [7, 11) is 0. The number of aliphatic hydroxyl groups excluding tert-OH is 1. The van der Waals surface area contributed by atoms with Gasteiger partial charge in [-0.3, -0.25) is 0 Å². The van der Waals surface area contributed by atoms with Crippen LogP contribution in [0, 0.1) is 0 Å². The summed E-state index contributed by atoms with van der Waals surface area (Å²) in [6.45, 7) is 0. The van der Waals surface area contributed by atoms with Gasteiger partial charge >= 0.3 is 5.97 Å². The van der Waals surface area contributed by atoms with E-state index >= 15 is 0 Å². The van der Waals surface area contributed by atoms with Crippen LogP contribution in [-0.2, 0) is 4.79 Å². The molecular formula is C14H14ClNO3. The molecule has 0 spiro atoms. The van der Waals surface area contributed by atoms with Crippen LogP contribution in [0.5, 0.6) is 0 Å². The smallest absolute Gasteiger partial charge is 0.330 e. The van der Waals surface area contributed by atoms with Gasteiger partial charge in [0.25, 0.3) is 0 Å². The van der Waals surface area contributed by atoms with E-state index in [0.29, 0.717) is 22.7 Å². The van der Waals surface area contributed by atoms with Crippen LogP contribution in [0.4, 0.5) is 0 Å². The summed E-state index contributed by atoms with van der Waals surface area (Å²) in [4.78, 5) is 11.4. The molecule has 1 unspecified atom stereocenters. The molecule has 0 aliphatic heterocycles. The molecule has 100 valence electrons. The standard InChI is InChI=1S/C14H14ClNO3/c15-11-8-10(17)6-7-12(11)16-13(14(18)19)9-4-2-1-3-5-9/h1-6,13,16-17H,7-8H2,(H,18,19). The van der Waals surface area contributed by atoms with Crippen LogP contribution < -0.4 is 5.32 Å². The molecule has 0 bridgehead atoms. The van der Waals surface area contributed by atoms with Gasteiger partial charge in [0.2, 0.25) is 0 Å². The number of halogens is 1. The average Bonchev–Trinajstić information content (AvgIpc) is 2.38. The van der Waals surface area contributed by atoms with Crippen molar-refractivity contribution < 1.29 is 15.0 Å². The summed E-state index contributed by atoms with van der Waals surface area (Å²) in [6.07, 6.45) is 2.27. The highest BCUT2D eigenvalue weighted by Crippen LogP contribution is 2.27. The Morgan fingerprint density at radius 3 is 2.58 bits per heavy atom. The Kier molecular flexibility index (Phi) is 4.12. The zero-order chi connectivity index (χ0) is 13.8. The maximum Gasteiger partial charge on any atom is 0.330 e. The molecule has 5 heteroatoms. The van der Waals surface area contributed by atoms with Gasteiger partial charge in [0.1, 0.15) is 6.04 Å². The third kappa shape index (κ3) is 3.29. The first-order valence-electron chi connectivity index (χ1n) is 5.87. The lowest BCUT2D eigenvalue weighted by Crippen LogP contribution is -2.29. The molecule has 19 heavy (non-hydrogen) atoms. The summed E-state index contributed by atoms with van der Waals surface area (Å²) in [5, 5.41) is 22.0. The van der Waals surface area contributed by atoms with Gasteiger partial charge in [0.15, 0.2) is 0 Å². The van der Waals surface area contributed by atoms with Gasteiger partial charge in [0.05, 0.1) is 5.76 Å². The van der Waals surface area contributed by atoms with Crippen molar-refractivity contribution in [2.24, 2.45) is 0 Å². The first-order chi connectivity index (χ1) is 9.08. The molecule has 1 atom stereocenters. The maximum atomic E-state index is 11.4. The van der Waals surface area contributed by atoms with Crippen molar-refractivity contribution >= 4 is 17.6 Å². The minimum Gasteiger partial charge on any atom is -0.512 e. The minimum absolute atomic E-state index is 0.210. The zero-order valence-corrected chi connectivity index (χ0v) is 10.9. The second-order valence-corrected chi connectivity index (χ2v) is 4.74. The summed E-state index contributed by atoms with van der Waals surface area (Å²) >= 11 is 6.04. The van der Waals surface area contributed by atoms with Crippen molar-refractivity contribution in [2.45, 2.75) is 18.9 Å². The number of carboxylic acids is 1. The molecule has 0 saturated carbocycles. The Bertz CT molecular complexity index is 537. The van der Waals surface area contributed by atoms with Gasteiger partial charge in [-0.25, -0.2) is 4.79 Å². The number of benzene rings is 1. The van der Waals surface area contributed by atoms with E-state index in [1.165, 1.54) is 0 Å². The summed E-state index contributed by atoms with van der Waals surface area (Å²) in [5.74, 6) is -0.760. The Morgan fingerprint density at radius 2 is 2.00 bits per heavy atom. The molecule has 0 fully saturated rings. The highest BCUT2D eigenvalue weighted by Gasteiger charge is 2.22. The highest BCUT2D eigenvalue weighted by molar-refractivity contribution is 6.30. The number of aliphatic hydroxyl groups is 1. The van der Waals surface area contributed by atoms with Gasteiger partial charge in [-0.2, -0.15) is 0 Å². The predicted molar refractivity (Wildman–Crippen MR) is 72.8 cm³/mol. The number of carbonyl (C=O) groups is 1. The number of nitrogens with one attached hydrogen (secondary N) is 1. The van der Waals surface area contributed by atoms with E-state index in [1.54, 1.807) is 30.3 Å². The molecular weight excluding hydrogens is 266 g/mol. The summed E-state index contributed by atoms with van der Waals surface area (Å²) in [6, 6.07) is 8.05. The number of carboxylic acid groups (broad SMARTS) is 1. The topological polar surface area (TPSA) is 69.6 Å². The van der Waals surface area contributed by atoms with Gasteiger partial charge in [-0.15, -0.1) is 0 Å². The van der Waals surface area contributed by atoms with Gasteiger partial charge in [-0.1, -0.05) is 41.9 Å². The molecule has 0 radical (unpaired) electrons. The van der Waals surface area contributed by atoms with Crippen LogP contribution in [0.25, 0.3) is 0 Å². The van der Waals surface area contributed by atoms with Crippen molar-refractivity contribution in [3.63, 3.8) is 0 Å². The van der Waals surface area contributed by atoms with Crippen LogP contribution >= 0.6 is 11.6 Å². The third-order valence-electron chi connectivity index (χ3n) is 2.90. The fourth-order valence-corrected chi connectivity index (χ4v) is 2.18. The number of aliphatic carboxylic acids is 1. The fraction of sp³-hybridized carbons (Fsp3) is 0.214. The van der Waals surface area contributed by atoms with E-state index in [-0.39, 0.29) is 12.2 Å². The Morgan fingerprint density at radius 1 is 1.32 bits per heavy atom.